The van der Waals surface area contributed by atoms with Crippen molar-refractivity contribution in [1.82, 2.24) is 9.97 Å². The molecule has 2 aromatic heterocycles. The van der Waals surface area contributed by atoms with E-state index < -0.39 is 0 Å². The zero-order valence-corrected chi connectivity index (χ0v) is 11.9. The molecule has 3 rings (SSSR count). The third kappa shape index (κ3) is 2.82. The van der Waals surface area contributed by atoms with Crippen LogP contribution in [-0.2, 0) is 0 Å². The summed E-state index contributed by atoms with van der Waals surface area (Å²) in [4.78, 5) is 20.8. The second kappa shape index (κ2) is 5.83. The van der Waals surface area contributed by atoms with E-state index in [1.54, 1.807) is 18.5 Å². The number of aromatic nitrogens is 2. The van der Waals surface area contributed by atoms with Crippen LogP contribution in [0.4, 0.5) is 0 Å². The van der Waals surface area contributed by atoms with Crippen LogP contribution in [0.15, 0.2) is 54.9 Å². The SMILES string of the molecule is CCCC(=O)c1ccnc(-c2cnc3ccccc3c2)c1. The minimum absolute atomic E-state index is 0.162. The summed E-state index contributed by atoms with van der Waals surface area (Å²) >= 11 is 0. The van der Waals surface area contributed by atoms with Crippen LogP contribution < -0.4 is 0 Å². The number of pyridine rings is 2. The zero-order valence-electron chi connectivity index (χ0n) is 11.9. The molecule has 0 saturated heterocycles. The molecule has 0 unspecified atom stereocenters. The van der Waals surface area contributed by atoms with Crippen LogP contribution in [0.3, 0.4) is 0 Å². The van der Waals surface area contributed by atoms with E-state index in [4.69, 9.17) is 0 Å². The Labute approximate surface area is 123 Å². The van der Waals surface area contributed by atoms with Gasteiger partial charge in [-0.2, -0.15) is 0 Å². The largest absolute Gasteiger partial charge is 0.294 e. The number of ketones is 1. The monoisotopic (exact) mass is 276 g/mol. The van der Waals surface area contributed by atoms with Gasteiger partial charge in [-0.25, -0.2) is 0 Å². The number of Topliss-reactive ketones (excluding diaryl/α,β-unsaturated/α-hetero) is 1. The van der Waals surface area contributed by atoms with E-state index in [0.29, 0.717) is 6.42 Å². The molecule has 0 aliphatic heterocycles. The van der Waals surface area contributed by atoms with Crippen molar-refractivity contribution in [2.75, 3.05) is 0 Å². The normalized spacial score (nSPS) is 10.7. The van der Waals surface area contributed by atoms with Crippen molar-refractivity contribution < 1.29 is 4.79 Å². The number of nitrogens with zero attached hydrogens (tertiary/aromatic N) is 2. The summed E-state index contributed by atoms with van der Waals surface area (Å²) in [5.74, 6) is 0.162. The van der Waals surface area contributed by atoms with Gasteiger partial charge in [-0.15, -0.1) is 0 Å². The molecule has 0 aliphatic carbocycles. The van der Waals surface area contributed by atoms with Crippen molar-refractivity contribution in [2.24, 2.45) is 0 Å². The highest BCUT2D eigenvalue weighted by molar-refractivity contribution is 5.97. The summed E-state index contributed by atoms with van der Waals surface area (Å²) in [5.41, 5.74) is 3.39. The van der Waals surface area contributed by atoms with Crippen molar-refractivity contribution >= 4 is 16.7 Å². The van der Waals surface area contributed by atoms with Crippen LogP contribution in [-0.4, -0.2) is 15.8 Å². The first-order valence-electron chi connectivity index (χ1n) is 7.12. The Kier molecular flexibility index (Phi) is 3.73. The number of para-hydroxylation sites is 1. The van der Waals surface area contributed by atoms with Crippen molar-refractivity contribution in [2.45, 2.75) is 19.8 Å². The third-order valence-corrected chi connectivity index (χ3v) is 3.45. The zero-order chi connectivity index (χ0) is 14.7. The van der Waals surface area contributed by atoms with Crippen molar-refractivity contribution in [3.63, 3.8) is 0 Å². The highest BCUT2D eigenvalue weighted by Crippen LogP contribution is 2.22. The van der Waals surface area contributed by atoms with Crippen LogP contribution in [0.1, 0.15) is 30.1 Å². The number of carbonyl (C=O) groups excluding carboxylic acids is 1. The molecule has 0 fully saturated rings. The molecule has 3 aromatic rings. The Morgan fingerprint density at radius 1 is 1.10 bits per heavy atom. The lowest BCUT2D eigenvalue weighted by atomic mass is 10.0. The number of fused-ring (bicyclic) bond motifs is 1. The molecule has 0 saturated carbocycles. The first-order chi connectivity index (χ1) is 10.3. The maximum Gasteiger partial charge on any atom is 0.162 e. The molecule has 0 aliphatic rings. The van der Waals surface area contributed by atoms with Gasteiger partial charge in [-0.05, 0) is 30.7 Å². The summed E-state index contributed by atoms with van der Waals surface area (Å²) < 4.78 is 0. The Balaban J connectivity index is 2.02. The summed E-state index contributed by atoms with van der Waals surface area (Å²) in [7, 11) is 0. The van der Waals surface area contributed by atoms with Gasteiger partial charge in [0, 0.05) is 35.3 Å². The van der Waals surface area contributed by atoms with Gasteiger partial charge < -0.3 is 0 Å². The molecule has 1 aromatic carbocycles. The number of benzene rings is 1. The minimum atomic E-state index is 0.162. The smallest absolute Gasteiger partial charge is 0.162 e. The summed E-state index contributed by atoms with van der Waals surface area (Å²) in [5, 5.41) is 1.07. The Bertz CT molecular complexity index is 796. The molecule has 0 amide bonds. The van der Waals surface area contributed by atoms with Crippen molar-refractivity contribution in [3.05, 3.63) is 60.4 Å². The fourth-order valence-corrected chi connectivity index (χ4v) is 2.34. The average molecular weight is 276 g/mol. The highest BCUT2D eigenvalue weighted by atomic mass is 16.1. The Morgan fingerprint density at radius 2 is 1.95 bits per heavy atom. The van der Waals surface area contributed by atoms with Gasteiger partial charge in [-0.1, -0.05) is 25.1 Å². The molecule has 21 heavy (non-hydrogen) atoms. The van der Waals surface area contributed by atoms with Gasteiger partial charge in [-0.3, -0.25) is 14.8 Å². The van der Waals surface area contributed by atoms with E-state index in [-0.39, 0.29) is 5.78 Å². The standard InChI is InChI=1S/C18H16N2O/c1-2-5-18(21)14-8-9-19-17(11-14)15-10-13-6-3-4-7-16(13)20-12-15/h3-4,6-12H,2,5H2,1H3. The van der Waals surface area contributed by atoms with Crippen LogP contribution in [0.25, 0.3) is 22.2 Å². The number of hydrogen-bond acceptors (Lipinski definition) is 3. The maximum atomic E-state index is 12.0. The minimum Gasteiger partial charge on any atom is -0.294 e. The number of rotatable bonds is 4. The van der Waals surface area contributed by atoms with E-state index in [2.05, 4.69) is 16.0 Å². The lowest BCUT2D eigenvalue weighted by Gasteiger charge is -2.05. The maximum absolute atomic E-state index is 12.0. The molecule has 0 bridgehead atoms. The van der Waals surface area contributed by atoms with Crippen LogP contribution >= 0.6 is 0 Å². The fourth-order valence-electron chi connectivity index (χ4n) is 2.34. The summed E-state index contributed by atoms with van der Waals surface area (Å²) in [6, 6.07) is 13.6. The third-order valence-electron chi connectivity index (χ3n) is 3.45. The number of carbonyl (C=O) groups is 1. The van der Waals surface area contributed by atoms with E-state index in [9.17, 15) is 4.79 Å². The van der Waals surface area contributed by atoms with Gasteiger partial charge in [0.15, 0.2) is 5.78 Å². The first kappa shape index (κ1) is 13.4. The van der Waals surface area contributed by atoms with Crippen LogP contribution in [0, 0.1) is 0 Å². The molecule has 3 nitrogen and oxygen atoms in total. The second-order valence-corrected chi connectivity index (χ2v) is 5.02. The first-order valence-corrected chi connectivity index (χ1v) is 7.12. The fraction of sp³-hybridized carbons (Fsp3) is 0.167. The quantitative estimate of drug-likeness (QED) is 0.668. The summed E-state index contributed by atoms with van der Waals surface area (Å²) in [6.07, 6.45) is 4.92. The molecule has 0 N–H and O–H groups in total. The summed E-state index contributed by atoms with van der Waals surface area (Å²) in [6.45, 7) is 2.01. The van der Waals surface area contributed by atoms with E-state index in [1.165, 1.54) is 0 Å². The van der Waals surface area contributed by atoms with Crippen LogP contribution in [0.5, 0.6) is 0 Å². The molecule has 0 spiro atoms. The predicted molar refractivity (Wildman–Crippen MR) is 84.2 cm³/mol. The van der Waals surface area contributed by atoms with E-state index in [1.807, 2.05) is 37.3 Å². The molecular formula is C18H16N2O. The van der Waals surface area contributed by atoms with E-state index in [0.717, 1.165) is 34.1 Å². The highest BCUT2D eigenvalue weighted by Gasteiger charge is 2.08. The second-order valence-electron chi connectivity index (χ2n) is 5.02. The van der Waals surface area contributed by atoms with Gasteiger partial charge in [0.25, 0.3) is 0 Å². The average Bonchev–Trinajstić information content (AvgIpc) is 2.55. The molecule has 0 atom stereocenters. The van der Waals surface area contributed by atoms with Gasteiger partial charge in [0.1, 0.15) is 0 Å². The lowest BCUT2D eigenvalue weighted by molar-refractivity contribution is 0.0981. The predicted octanol–water partition coefficient (Wildman–Crippen LogP) is 4.28. The van der Waals surface area contributed by atoms with Gasteiger partial charge in [0.2, 0.25) is 0 Å². The van der Waals surface area contributed by atoms with Crippen molar-refractivity contribution in [3.8, 4) is 11.3 Å². The number of hydrogen-bond donors (Lipinski definition) is 0. The molecule has 0 radical (unpaired) electrons. The molecule has 2 heterocycles. The Hall–Kier alpha value is -2.55. The lowest BCUT2D eigenvalue weighted by Crippen LogP contribution is -1.99. The Morgan fingerprint density at radius 3 is 2.81 bits per heavy atom. The molecule has 3 heteroatoms. The van der Waals surface area contributed by atoms with Crippen LogP contribution in [0.2, 0.25) is 0 Å². The van der Waals surface area contributed by atoms with Crippen molar-refractivity contribution in [1.29, 1.82) is 0 Å². The molecule has 104 valence electrons. The molecular weight excluding hydrogens is 260 g/mol. The topological polar surface area (TPSA) is 42.9 Å². The van der Waals surface area contributed by atoms with E-state index >= 15 is 0 Å². The van der Waals surface area contributed by atoms with Gasteiger partial charge in [0.05, 0.1) is 11.2 Å². The van der Waals surface area contributed by atoms with Gasteiger partial charge >= 0.3 is 0 Å².